The lowest BCUT2D eigenvalue weighted by Crippen LogP contribution is -2.31. The minimum absolute atomic E-state index is 0.0631. The van der Waals surface area contributed by atoms with Crippen molar-refractivity contribution in [3.8, 4) is 0 Å². The van der Waals surface area contributed by atoms with Crippen molar-refractivity contribution < 1.29 is 13.2 Å². The van der Waals surface area contributed by atoms with E-state index in [2.05, 4.69) is 15.9 Å². The first-order chi connectivity index (χ1) is 9.92. The molecule has 1 unspecified atom stereocenters. The van der Waals surface area contributed by atoms with Gasteiger partial charge in [0, 0.05) is 24.7 Å². The van der Waals surface area contributed by atoms with Gasteiger partial charge in [0.1, 0.15) is 5.82 Å². The van der Waals surface area contributed by atoms with E-state index in [1.165, 1.54) is 0 Å². The van der Waals surface area contributed by atoms with E-state index in [1.54, 1.807) is 18.4 Å². The standard InChI is InChI=1S/C14H14BrF3N2S/c1-20(6-8-2-14(15)21-7-8)13(5-19)9-3-11(17)12(18)4-10(9)16/h2-4,7,13H,5-6,19H2,1H3. The SMILES string of the molecule is CN(Cc1csc(Br)c1)C(CN)c1cc(F)c(F)cc1F. The Kier molecular flexibility index (Phi) is 5.43. The van der Waals surface area contributed by atoms with Gasteiger partial charge in [-0.3, -0.25) is 4.90 Å². The lowest BCUT2D eigenvalue weighted by atomic mass is 10.0. The van der Waals surface area contributed by atoms with E-state index in [4.69, 9.17) is 5.73 Å². The van der Waals surface area contributed by atoms with Crippen LogP contribution in [0.1, 0.15) is 17.2 Å². The average Bonchev–Trinajstić information content (AvgIpc) is 2.81. The van der Waals surface area contributed by atoms with Crippen LogP contribution in [-0.4, -0.2) is 18.5 Å². The molecule has 0 fully saturated rings. The number of likely N-dealkylation sites (N-methyl/N-ethyl adjacent to an activating group) is 1. The summed E-state index contributed by atoms with van der Waals surface area (Å²) in [4.78, 5) is 1.81. The normalized spacial score (nSPS) is 12.9. The second kappa shape index (κ2) is 6.91. The summed E-state index contributed by atoms with van der Waals surface area (Å²) in [5, 5.41) is 1.97. The van der Waals surface area contributed by atoms with Gasteiger partial charge in [0.25, 0.3) is 0 Å². The second-order valence-electron chi connectivity index (χ2n) is 4.71. The van der Waals surface area contributed by atoms with Crippen LogP contribution in [0.2, 0.25) is 0 Å². The minimum atomic E-state index is -1.20. The van der Waals surface area contributed by atoms with Crippen molar-refractivity contribution in [2.24, 2.45) is 5.73 Å². The molecule has 2 nitrogen and oxygen atoms in total. The molecule has 2 rings (SSSR count). The quantitative estimate of drug-likeness (QED) is 0.794. The van der Waals surface area contributed by atoms with Gasteiger partial charge >= 0.3 is 0 Å². The van der Waals surface area contributed by atoms with Gasteiger partial charge in [-0.1, -0.05) is 0 Å². The van der Waals surface area contributed by atoms with Crippen molar-refractivity contribution in [1.82, 2.24) is 4.90 Å². The Hall–Kier alpha value is -0.890. The number of hydrogen-bond acceptors (Lipinski definition) is 3. The van der Waals surface area contributed by atoms with Crippen LogP contribution in [0.4, 0.5) is 13.2 Å². The van der Waals surface area contributed by atoms with Crippen molar-refractivity contribution >= 4 is 27.3 Å². The Bertz CT molecular complexity index is 633. The number of benzene rings is 1. The molecule has 0 aliphatic heterocycles. The van der Waals surface area contributed by atoms with E-state index in [0.29, 0.717) is 12.6 Å². The van der Waals surface area contributed by atoms with Crippen LogP contribution >= 0.6 is 27.3 Å². The Labute approximate surface area is 133 Å². The molecule has 1 aromatic carbocycles. The number of nitrogens with two attached hydrogens (primary N) is 1. The van der Waals surface area contributed by atoms with Crippen molar-refractivity contribution in [3.63, 3.8) is 0 Å². The Morgan fingerprint density at radius 2 is 1.86 bits per heavy atom. The molecule has 1 atom stereocenters. The van der Waals surface area contributed by atoms with Crippen LogP contribution in [0.5, 0.6) is 0 Å². The molecule has 1 aromatic heterocycles. The average molecular weight is 379 g/mol. The summed E-state index contributed by atoms with van der Waals surface area (Å²) < 4.78 is 41.2. The fourth-order valence-corrected chi connectivity index (χ4v) is 3.36. The van der Waals surface area contributed by atoms with Crippen LogP contribution in [0, 0.1) is 17.5 Å². The van der Waals surface area contributed by atoms with Crippen LogP contribution < -0.4 is 5.73 Å². The smallest absolute Gasteiger partial charge is 0.161 e. The monoisotopic (exact) mass is 378 g/mol. The van der Waals surface area contributed by atoms with E-state index in [9.17, 15) is 13.2 Å². The maximum absolute atomic E-state index is 13.9. The van der Waals surface area contributed by atoms with E-state index >= 15 is 0 Å². The Balaban J connectivity index is 2.24. The van der Waals surface area contributed by atoms with Crippen LogP contribution in [0.15, 0.2) is 27.4 Å². The number of nitrogens with zero attached hydrogens (tertiary/aromatic N) is 1. The van der Waals surface area contributed by atoms with E-state index < -0.39 is 23.5 Å². The minimum Gasteiger partial charge on any atom is -0.329 e. The summed E-state index contributed by atoms with van der Waals surface area (Å²) >= 11 is 4.92. The molecule has 0 saturated carbocycles. The number of rotatable bonds is 5. The van der Waals surface area contributed by atoms with E-state index in [0.717, 1.165) is 15.4 Å². The van der Waals surface area contributed by atoms with Crippen molar-refractivity contribution in [2.75, 3.05) is 13.6 Å². The molecule has 0 amide bonds. The summed E-state index contributed by atoms with van der Waals surface area (Å²) in [5.74, 6) is -3.06. The zero-order valence-corrected chi connectivity index (χ0v) is 13.6. The number of halogens is 4. The van der Waals surface area contributed by atoms with E-state index in [1.807, 2.05) is 16.3 Å². The largest absolute Gasteiger partial charge is 0.329 e. The van der Waals surface area contributed by atoms with Gasteiger partial charge in [0.15, 0.2) is 11.6 Å². The summed E-state index contributed by atoms with van der Waals surface area (Å²) in [6.45, 7) is 0.631. The zero-order chi connectivity index (χ0) is 15.6. The summed E-state index contributed by atoms with van der Waals surface area (Å²) in [6, 6.07) is 2.86. The van der Waals surface area contributed by atoms with E-state index in [-0.39, 0.29) is 12.1 Å². The van der Waals surface area contributed by atoms with Gasteiger partial charge in [-0.2, -0.15) is 0 Å². The fraction of sp³-hybridized carbons (Fsp3) is 0.286. The zero-order valence-electron chi connectivity index (χ0n) is 11.2. The van der Waals surface area contributed by atoms with Crippen molar-refractivity contribution in [3.05, 3.63) is 55.9 Å². The summed E-state index contributed by atoms with van der Waals surface area (Å²) in [5.41, 5.74) is 6.79. The molecular formula is C14H14BrF3N2S. The molecule has 0 saturated heterocycles. The predicted octanol–water partition coefficient (Wildman–Crippen LogP) is 4.06. The molecule has 7 heteroatoms. The van der Waals surface area contributed by atoms with Gasteiger partial charge in [0.05, 0.1) is 9.83 Å². The Morgan fingerprint density at radius 1 is 1.19 bits per heavy atom. The van der Waals surface area contributed by atoms with Gasteiger partial charge < -0.3 is 5.73 Å². The third-order valence-corrected chi connectivity index (χ3v) is 4.76. The maximum atomic E-state index is 13.9. The molecule has 0 aliphatic rings. The molecule has 21 heavy (non-hydrogen) atoms. The molecule has 0 spiro atoms. The number of hydrogen-bond donors (Lipinski definition) is 1. The molecule has 1 heterocycles. The first kappa shape index (κ1) is 16.5. The first-order valence-electron chi connectivity index (χ1n) is 6.20. The highest BCUT2D eigenvalue weighted by Crippen LogP contribution is 2.27. The van der Waals surface area contributed by atoms with Crippen LogP contribution in [0.25, 0.3) is 0 Å². The summed E-state index contributed by atoms with van der Waals surface area (Å²) in [7, 11) is 1.77. The first-order valence-corrected chi connectivity index (χ1v) is 7.87. The van der Waals surface area contributed by atoms with Gasteiger partial charge in [-0.15, -0.1) is 11.3 Å². The highest BCUT2D eigenvalue weighted by atomic mass is 79.9. The highest BCUT2D eigenvalue weighted by molar-refractivity contribution is 9.11. The molecule has 0 radical (unpaired) electrons. The highest BCUT2D eigenvalue weighted by Gasteiger charge is 2.22. The lowest BCUT2D eigenvalue weighted by Gasteiger charge is -2.27. The van der Waals surface area contributed by atoms with Crippen molar-refractivity contribution in [2.45, 2.75) is 12.6 Å². The van der Waals surface area contributed by atoms with Gasteiger partial charge in [-0.05, 0) is 46.1 Å². The van der Waals surface area contributed by atoms with Crippen LogP contribution in [0.3, 0.4) is 0 Å². The third kappa shape index (κ3) is 3.85. The molecule has 2 N–H and O–H groups in total. The fourth-order valence-electron chi connectivity index (χ4n) is 2.16. The molecule has 2 aromatic rings. The third-order valence-electron chi connectivity index (χ3n) is 3.21. The molecule has 0 aliphatic carbocycles. The lowest BCUT2D eigenvalue weighted by molar-refractivity contribution is 0.236. The molecule has 0 bridgehead atoms. The van der Waals surface area contributed by atoms with Gasteiger partial charge in [0.2, 0.25) is 0 Å². The predicted molar refractivity (Wildman–Crippen MR) is 81.6 cm³/mol. The maximum Gasteiger partial charge on any atom is 0.161 e. The molecule has 114 valence electrons. The second-order valence-corrected chi connectivity index (χ2v) is 7.00. The van der Waals surface area contributed by atoms with Crippen LogP contribution in [-0.2, 0) is 6.54 Å². The van der Waals surface area contributed by atoms with Crippen molar-refractivity contribution in [1.29, 1.82) is 0 Å². The van der Waals surface area contributed by atoms with Gasteiger partial charge in [-0.25, -0.2) is 13.2 Å². The topological polar surface area (TPSA) is 29.3 Å². The number of thiophene rings is 1. The Morgan fingerprint density at radius 3 is 2.43 bits per heavy atom. The summed E-state index contributed by atoms with van der Waals surface area (Å²) in [6.07, 6.45) is 0. The molecular weight excluding hydrogens is 365 g/mol.